The van der Waals surface area contributed by atoms with Crippen LogP contribution in [0.2, 0.25) is 0 Å². The third kappa shape index (κ3) is 2.36. The molecule has 6 nitrogen and oxygen atoms in total. The van der Waals surface area contributed by atoms with E-state index < -0.39 is 39.5 Å². The summed E-state index contributed by atoms with van der Waals surface area (Å²) in [5.41, 5.74) is -2.08. The van der Waals surface area contributed by atoms with Gasteiger partial charge in [-0.1, -0.05) is 0 Å². The lowest BCUT2D eigenvalue weighted by atomic mass is 10.1. The van der Waals surface area contributed by atoms with Crippen LogP contribution in [-0.4, -0.2) is 24.6 Å². The van der Waals surface area contributed by atoms with Gasteiger partial charge in [0.15, 0.2) is 5.82 Å². The smallest absolute Gasteiger partial charge is 0.350 e. The Labute approximate surface area is 100 Å². The first-order valence-electron chi connectivity index (χ1n) is 4.81. The van der Waals surface area contributed by atoms with Gasteiger partial charge in [-0.3, -0.25) is 10.1 Å². The summed E-state index contributed by atoms with van der Waals surface area (Å²) in [6.07, 6.45) is 0. The summed E-state index contributed by atoms with van der Waals surface area (Å²) in [7, 11) is 0.953. The molecule has 0 radical (unpaired) electrons. The van der Waals surface area contributed by atoms with Crippen LogP contribution in [0.5, 0.6) is 5.75 Å². The Balaban J connectivity index is 3.49. The average Bonchev–Trinajstić information content (AvgIpc) is 2.30. The number of hydrogen-bond donors (Lipinski definition) is 0. The molecule has 0 saturated heterocycles. The van der Waals surface area contributed by atoms with Gasteiger partial charge in [0.2, 0.25) is 11.6 Å². The second-order valence-electron chi connectivity index (χ2n) is 3.08. The number of carbonyl (C=O) groups excluding carboxylic acids is 1. The minimum atomic E-state index is -1.49. The summed E-state index contributed by atoms with van der Waals surface area (Å²) in [6, 6.07) is 0.499. The summed E-state index contributed by atoms with van der Waals surface area (Å²) in [5, 5.41) is 10.7. The molecule has 0 spiro atoms. The number of hydrogen-bond acceptors (Lipinski definition) is 5. The zero-order valence-corrected chi connectivity index (χ0v) is 9.53. The lowest BCUT2D eigenvalue weighted by molar-refractivity contribution is -0.388. The van der Waals surface area contributed by atoms with Gasteiger partial charge in [0, 0.05) is 0 Å². The Kier molecular flexibility index (Phi) is 4.13. The average molecular weight is 261 g/mol. The Hall–Kier alpha value is -2.25. The maximum Gasteiger partial charge on any atom is 0.350 e. The van der Waals surface area contributed by atoms with E-state index in [1.807, 2.05) is 0 Å². The van der Waals surface area contributed by atoms with E-state index in [1.165, 1.54) is 6.92 Å². The quantitative estimate of drug-likeness (QED) is 0.471. The standard InChI is InChI=1S/C10H9F2NO5/c1-3-18-10(14)5-4-6(11)9(17-2)8(7(5)12)13(15)16/h4H,3H2,1-2H3. The third-order valence-electron chi connectivity index (χ3n) is 2.03. The van der Waals surface area contributed by atoms with Gasteiger partial charge in [-0.2, -0.15) is 4.39 Å². The van der Waals surface area contributed by atoms with Crippen LogP contribution in [0.15, 0.2) is 6.07 Å². The number of ether oxygens (including phenoxy) is 2. The first-order chi connectivity index (χ1) is 8.43. The molecule has 1 rings (SSSR count). The van der Waals surface area contributed by atoms with Crippen molar-refractivity contribution in [2.45, 2.75) is 6.92 Å². The minimum Gasteiger partial charge on any atom is -0.488 e. The fourth-order valence-electron chi connectivity index (χ4n) is 1.31. The molecule has 18 heavy (non-hydrogen) atoms. The lowest BCUT2D eigenvalue weighted by Crippen LogP contribution is -2.11. The maximum atomic E-state index is 13.7. The van der Waals surface area contributed by atoms with Crippen molar-refractivity contribution in [2.24, 2.45) is 0 Å². The van der Waals surface area contributed by atoms with Crippen LogP contribution in [0.4, 0.5) is 14.5 Å². The topological polar surface area (TPSA) is 78.7 Å². The highest BCUT2D eigenvalue weighted by atomic mass is 19.1. The summed E-state index contributed by atoms with van der Waals surface area (Å²) < 4.78 is 36.1. The molecule has 1 aromatic rings. The van der Waals surface area contributed by atoms with E-state index in [0.717, 1.165) is 7.11 Å². The van der Waals surface area contributed by atoms with E-state index in [4.69, 9.17) is 0 Å². The molecular weight excluding hydrogens is 252 g/mol. The summed E-state index contributed by atoms with van der Waals surface area (Å²) in [4.78, 5) is 20.8. The van der Waals surface area contributed by atoms with Gasteiger partial charge in [-0.25, -0.2) is 9.18 Å². The Morgan fingerprint density at radius 2 is 2.11 bits per heavy atom. The van der Waals surface area contributed by atoms with Crippen LogP contribution in [0.3, 0.4) is 0 Å². The monoisotopic (exact) mass is 261 g/mol. The number of methoxy groups -OCH3 is 1. The zero-order valence-electron chi connectivity index (χ0n) is 9.53. The molecule has 1 aromatic carbocycles. The highest BCUT2D eigenvalue weighted by Gasteiger charge is 2.31. The number of benzene rings is 1. The summed E-state index contributed by atoms with van der Waals surface area (Å²) >= 11 is 0. The van der Waals surface area contributed by atoms with Crippen LogP contribution in [-0.2, 0) is 4.74 Å². The highest BCUT2D eigenvalue weighted by molar-refractivity contribution is 5.91. The molecule has 0 atom stereocenters. The molecule has 0 fully saturated rings. The predicted octanol–water partition coefficient (Wildman–Crippen LogP) is 2.06. The fraction of sp³-hybridized carbons (Fsp3) is 0.300. The second kappa shape index (κ2) is 5.39. The van der Waals surface area contributed by atoms with Gasteiger partial charge in [-0.05, 0) is 13.0 Å². The fourth-order valence-corrected chi connectivity index (χ4v) is 1.31. The van der Waals surface area contributed by atoms with Gasteiger partial charge >= 0.3 is 11.7 Å². The van der Waals surface area contributed by atoms with Crippen molar-refractivity contribution in [1.82, 2.24) is 0 Å². The van der Waals surface area contributed by atoms with Crippen LogP contribution >= 0.6 is 0 Å². The van der Waals surface area contributed by atoms with E-state index in [-0.39, 0.29) is 6.61 Å². The Morgan fingerprint density at radius 3 is 2.56 bits per heavy atom. The van der Waals surface area contributed by atoms with E-state index in [1.54, 1.807) is 0 Å². The molecule has 0 bridgehead atoms. The predicted molar refractivity (Wildman–Crippen MR) is 55.5 cm³/mol. The Morgan fingerprint density at radius 1 is 1.50 bits per heavy atom. The lowest BCUT2D eigenvalue weighted by Gasteiger charge is -2.07. The molecule has 98 valence electrons. The molecule has 0 heterocycles. The van der Waals surface area contributed by atoms with Crippen molar-refractivity contribution >= 4 is 11.7 Å². The number of esters is 1. The molecule has 0 aromatic heterocycles. The third-order valence-corrected chi connectivity index (χ3v) is 2.03. The molecule has 0 aliphatic heterocycles. The number of halogens is 2. The van der Waals surface area contributed by atoms with Crippen LogP contribution in [0, 0.1) is 21.7 Å². The maximum absolute atomic E-state index is 13.7. The minimum absolute atomic E-state index is 0.0697. The number of nitrogens with zero attached hydrogens (tertiary/aromatic N) is 1. The number of rotatable bonds is 4. The van der Waals surface area contributed by atoms with Gasteiger partial charge in [-0.15, -0.1) is 0 Å². The summed E-state index contributed by atoms with van der Waals surface area (Å²) in [6.45, 7) is 1.39. The number of nitro groups is 1. The van der Waals surface area contributed by atoms with Crippen molar-refractivity contribution in [1.29, 1.82) is 0 Å². The Bertz CT molecular complexity index is 504. The van der Waals surface area contributed by atoms with Gasteiger partial charge < -0.3 is 9.47 Å². The normalized spacial score (nSPS) is 10.0. The molecule has 0 amide bonds. The summed E-state index contributed by atoms with van der Waals surface area (Å²) in [5.74, 6) is -4.75. The van der Waals surface area contributed by atoms with Crippen LogP contribution in [0.25, 0.3) is 0 Å². The van der Waals surface area contributed by atoms with Gasteiger partial charge in [0.1, 0.15) is 5.56 Å². The van der Waals surface area contributed by atoms with Crippen molar-refractivity contribution in [3.05, 3.63) is 33.4 Å². The van der Waals surface area contributed by atoms with Crippen LogP contribution in [0.1, 0.15) is 17.3 Å². The molecule has 8 heteroatoms. The van der Waals surface area contributed by atoms with Crippen LogP contribution < -0.4 is 4.74 Å². The van der Waals surface area contributed by atoms with E-state index >= 15 is 0 Å². The second-order valence-corrected chi connectivity index (χ2v) is 3.08. The molecule has 0 aliphatic carbocycles. The van der Waals surface area contributed by atoms with E-state index in [0.29, 0.717) is 6.07 Å². The van der Waals surface area contributed by atoms with Crippen molar-refractivity contribution in [3.8, 4) is 5.75 Å². The zero-order chi connectivity index (χ0) is 13.9. The highest BCUT2D eigenvalue weighted by Crippen LogP contribution is 2.34. The van der Waals surface area contributed by atoms with Gasteiger partial charge in [0.05, 0.1) is 18.6 Å². The SMILES string of the molecule is CCOC(=O)c1cc(F)c(OC)c([N+](=O)[O-])c1F. The van der Waals surface area contributed by atoms with Crippen molar-refractivity contribution in [3.63, 3.8) is 0 Å². The molecular formula is C10H9F2NO5. The molecule has 0 saturated carbocycles. The van der Waals surface area contributed by atoms with Gasteiger partial charge in [0.25, 0.3) is 0 Å². The van der Waals surface area contributed by atoms with E-state index in [2.05, 4.69) is 9.47 Å². The first-order valence-corrected chi connectivity index (χ1v) is 4.81. The van der Waals surface area contributed by atoms with E-state index in [9.17, 15) is 23.7 Å². The molecule has 0 N–H and O–H groups in total. The first kappa shape index (κ1) is 13.8. The van der Waals surface area contributed by atoms with Crippen molar-refractivity contribution < 1.29 is 28.0 Å². The number of nitro benzene ring substituents is 1. The largest absolute Gasteiger partial charge is 0.488 e. The molecule has 0 aliphatic rings. The number of carbonyl (C=O) groups is 1. The van der Waals surface area contributed by atoms with Crippen molar-refractivity contribution in [2.75, 3.05) is 13.7 Å². The molecule has 0 unspecified atom stereocenters.